The van der Waals surface area contributed by atoms with Crippen molar-refractivity contribution in [2.24, 2.45) is 5.41 Å². The van der Waals surface area contributed by atoms with Crippen molar-refractivity contribution < 1.29 is 5.11 Å². The van der Waals surface area contributed by atoms with Crippen LogP contribution in [-0.2, 0) is 0 Å². The molecule has 4 nitrogen and oxygen atoms in total. The molecule has 0 saturated carbocycles. The zero-order valence-corrected chi connectivity index (χ0v) is 14.8. The number of H-pyrrole nitrogens is 1. The van der Waals surface area contributed by atoms with Gasteiger partial charge in [0, 0.05) is 10.3 Å². The van der Waals surface area contributed by atoms with Gasteiger partial charge in [-0.2, -0.15) is 16.9 Å². The molecule has 6 heteroatoms. The summed E-state index contributed by atoms with van der Waals surface area (Å²) in [6, 6.07) is 7.74. The van der Waals surface area contributed by atoms with Crippen molar-refractivity contribution in [3.8, 4) is 0 Å². The lowest BCUT2D eigenvalue weighted by Gasteiger charge is -2.35. The molecule has 120 valence electrons. The Kier molecular flexibility index (Phi) is 5.53. The van der Waals surface area contributed by atoms with Gasteiger partial charge in [-0.05, 0) is 29.4 Å². The van der Waals surface area contributed by atoms with Crippen LogP contribution < -0.4 is 0 Å². The Hall–Kier alpha value is -1.04. The van der Waals surface area contributed by atoms with Gasteiger partial charge in [0.2, 0.25) is 0 Å². The first-order chi connectivity index (χ1) is 10.3. The highest BCUT2D eigenvalue weighted by molar-refractivity contribution is 7.98. The Labute approximate surface area is 140 Å². The van der Waals surface area contributed by atoms with Crippen LogP contribution in [0.2, 0.25) is 5.02 Å². The first kappa shape index (κ1) is 17.3. The van der Waals surface area contributed by atoms with Gasteiger partial charge in [0.1, 0.15) is 6.33 Å². The molecule has 0 aliphatic heterocycles. The third-order valence-corrected chi connectivity index (χ3v) is 5.06. The maximum Gasteiger partial charge on any atom is 0.157 e. The van der Waals surface area contributed by atoms with Gasteiger partial charge in [-0.1, -0.05) is 44.5 Å². The second kappa shape index (κ2) is 7.02. The first-order valence-electron chi connectivity index (χ1n) is 7.16. The van der Waals surface area contributed by atoms with Gasteiger partial charge in [0.15, 0.2) is 5.82 Å². The van der Waals surface area contributed by atoms with E-state index < -0.39 is 6.10 Å². The number of aromatic amines is 1. The molecule has 0 fully saturated rings. The fraction of sp³-hybridized carbons (Fsp3) is 0.500. The maximum atomic E-state index is 10.9. The van der Waals surface area contributed by atoms with Gasteiger partial charge in [0.05, 0.1) is 12.0 Å². The molecule has 0 saturated heterocycles. The number of hydrogen-bond donors (Lipinski definition) is 2. The monoisotopic (exact) mass is 339 g/mol. The van der Waals surface area contributed by atoms with Crippen molar-refractivity contribution in [2.45, 2.75) is 38.0 Å². The van der Waals surface area contributed by atoms with Crippen molar-refractivity contribution in [1.82, 2.24) is 15.2 Å². The predicted octanol–water partition coefficient (Wildman–Crippen LogP) is 4.05. The standard InChI is InChI=1S/C16H22ClN3OS/c1-16(2,3)14(21)12(15-18-9-19-20-15)13(22-4)10-5-7-11(17)8-6-10/h5-9,12-14,21H,1-4H3,(H,18,19,20). The Balaban J connectivity index is 2.44. The highest BCUT2D eigenvalue weighted by atomic mass is 35.5. The van der Waals surface area contributed by atoms with Gasteiger partial charge in [-0.25, -0.2) is 4.98 Å². The highest BCUT2D eigenvalue weighted by Crippen LogP contribution is 2.45. The molecule has 1 aromatic carbocycles. The number of nitrogens with one attached hydrogen (secondary N) is 1. The molecule has 0 bridgehead atoms. The zero-order valence-electron chi connectivity index (χ0n) is 13.2. The van der Waals surface area contributed by atoms with Crippen LogP contribution in [0.5, 0.6) is 0 Å². The molecule has 22 heavy (non-hydrogen) atoms. The van der Waals surface area contributed by atoms with Crippen molar-refractivity contribution in [3.63, 3.8) is 0 Å². The lowest BCUT2D eigenvalue weighted by molar-refractivity contribution is 0.0353. The number of hydrogen-bond acceptors (Lipinski definition) is 4. The summed E-state index contributed by atoms with van der Waals surface area (Å²) in [7, 11) is 0. The van der Waals surface area contributed by atoms with Crippen LogP contribution in [0.15, 0.2) is 30.6 Å². The smallest absolute Gasteiger partial charge is 0.157 e. The van der Waals surface area contributed by atoms with E-state index >= 15 is 0 Å². The maximum absolute atomic E-state index is 10.9. The number of aromatic nitrogens is 3. The minimum atomic E-state index is -0.573. The van der Waals surface area contributed by atoms with Crippen molar-refractivity contribution in [2.75, 3.05) is 6.26 Å². The fourth-order valence-corrected chi connectivity index (χ4v) is 3.62. The van der Waals surface area contributed by atoms with E-state index in [1.807, 2.05) is 51.3 Å². The van der Waals surface area contributed by atoms with Crippen LogP contribution in [0.1, 0.15) is 43.3 Å². The van der Waals surface area contributed by atoms with E-state index in [0.29, 0.717) is 10.8 Å². The molecule has 0 aliphatic rings. The third-order valence-electron chi connectivity index (χ3n) is 3.74. The van der Waals surface area contributed by atoms with Crippen molar-refractivity contribution >= 4 is 23.4 Å². The van der Waals surface area contributed by atoms with Gasteiger partial charge in [-0.3, -0.25) is 5.10 Å². The van der Waals surface area contributed by atoms with E-state index in [4.69, 9.17) is 11.6 Å². The van der Waals surface area contributed by atoms with Crippen LogP contribution in [0.4, 0.5) is 0 Å². The largest absolute Gasteiger partial charge is 0.392 e. The molecule has 2 N–H and O–H groups in total. The molecule has 1 aromatic heterocycles. The topological polar surface area (TPSA) is 61.8 Å². The Morgan fingerprint density at radius 3 is 2.32 bits per heavy atom. The minimum Gasteiger partial charge on any atom is -0.392 e. The van der Waals surface area contributed by atoms with Crippen LogP contribution >= 0.6 is 23.4 Å². The number of rotatable bonds is 5. The van der Waals surface area contributed by atoms with E-state index in [1.165, 1.54) is 0 Å². The summed E-state index contributed by atoms with van der Waals surface area (Å²) in [6.07, 6.45) is 3.02. The molecule has 0 amide bonds. The third kappa shape index (κ3) is 3.83. The average Bonchev–Trinajstić information content (AvgIpc) is 2.98. The van der Waals surface area contributed by atoms with Gasteiger partial charge < -0.3 is 5.11 Å². The minimum absolute atomic E-state index is 0.0438. The molecule has 0 aliphatic carbocycles. The van der Waals surface area contributed by atoms with Gasteiger partial charge in [-0.15, -0.1) is 0 Å². The summed E-state index contributed by atoms with van der Waals surface area (Å²) in [5, 5.41) is 18.6. The van der Waals surface area contributed by atoms with E-state index in [0.717, 1.165) is 5.56 Å². The number of aliphatic hydroxyl groups is 1. The SMILES string of the molecule is CSC(c1ccc(Cl)cc1)C(c1nc[nH]n1)C(O)C(C)(C)C. The van der Waals surface area contributed by atoms with Gasteiger partial charge in [0.25, 0.3) is 0 Å². The van der Waals surface area contributed by atoms with E-state index in [9.17, 15) is 5.11 Å². The number of aliphatic hydroxyl groups excluding tert-OH is 1. The summed E-state index contributed by atoms with van der Waals surface area (Å²) in [4.78, 5) is 4.30. The summed E-state index contributed by atoms with van der Waals surface area (Å²) < 4.78 is 0. The summed E-state index contributed by atoms with van der Waals surface area (Å²) in [5.74, 6) is 0.430. The second-order valence-corrected chi connectivity index (χ2v) is 7.82. The number of thioether (sulfide) groups is 1. The zero-order chi connectivity index (χ0) is 16.3. The molecular weight excluding hydrogens is 318 g/mol. The Bertz CT molecular complexity index is 580. The Morgan fingerprint density at radius 2 is 1.86 bits per heavy atom. The Morgan fingerprint density at radius 1 is 1.23 bits per heavy atom. The normalized spacial score (nSPS) is 16.3. The van der Waals surface area contributed by atoms with Crippen LogP contribution in [0, 0.1) is 5.41 Å². The lowest BCUT2D eigenvalue weighted by Crippen LogP contribution is -2.35. The van der Waals surface area contributed by atoms with Crippen LogP contribution in [0.25, 0.3) is 0 Å². The summed E-state index contributed by atoms with van der Waals surface area (Å²) in [6.45, 7) is 6.07. The molecule has 0 spiro atoms. The van der Waals surface area contributed by atoms with E-state index in [2.05, 4.69) is 15.2 Å². The lowest BCUT2D eigenvalue weighted by atomic mass is 9.78. The molecule has 3 atom stereocenters. The van der Waals surface area contributed by atoms with Crippen LogP contribution in [0.3, 0.4) is 0 Å². The molecule has 2 aromatic rings. The van der Waals surface area contributed by atoms with Crippen molar-refractivity contribution in [1.29, 1.82) is 0 Å². The predicted molar refractivity (Wildman–Crippen MR) is 92.3 cm³/mol. The molecule has 2 rings (SSSR count). The highest BCUT2D eigenvalue weighted by Gasteiger charge is 2.39. The number of benzene rings is 1. The first-order valence-corrected chi connectivity index (χ1v) is 8.83. The molecular formula is C16H22ClN3OS. The van der Waals surface area contributed by atoms with Crippen molar-refractivity contribution in [3.05, 3.63) is 47.0 Å². The molecule has 0 radical (unpaired) electrons. The molecule has 3 unspecified atom stereocenters. The van der Waals surface area contributed by atoms with E-state index in [-0.39, 0.29) is 16.6 Å². The van der Waals surface area contributed by atoms with Crippen LogP contribution in [-0.4, -0.2) is 32.6 Å². The second-order valence-electron chi connectivity index (χ2n) is 6.40. The number of nitrogens with zero attached hydrogens (tertiary/aromatic N) is 2. The quantitative estimate of drug-likeness (QED) is 0.862. The van der Waals surface area contributed by atoms with Gasteiger partial charge >= 0.3 is 0 Å². The summed E-state index contributed by atoms with van der Waals surface area (Å²) in [5.41, 5.74) is 0.834. The fourth-order valence-electron chi connectivity index (χ4n) is 2.50. The van der Waals surface area contributed by atoms with E-state index in [1.54, 1.807) is 18.1 Å². The average molecular weight is 340 g/mol. The number of halogens is 1. The molecule has 1 heterocycles. The summed E-state index contributed by atoms with van der Waals surface area (Å²) >= 11 is 7.67.